The van der Waals surface area contributed by atoms with Gasteiger partial charge < -0.3 is 10.2 Å². The van der Waals surface area contributed by atoms with Gasteiger partial charge in [0.1, 0.15) is 0 Å². The van der Waals surface area contributed by atoms with Crippen LogP contribution >= 0.6 is 0 Å². The van der Waals surface area contributed by atoms with Crippen LogP contribution in [0.1, 0.15) is 57.1 Å². The molecule has 4 nitrogen and oxygen atoms in total. The van der Waals surface area contributed by atoms with Gasteiger partial charge in [-0.05, 0) is 25.3 Å². The van der Waals surface area contributed by atoms with Gasteiger partial charge >= 0.3 is 0 Å². The van der Waals surface area contributed by atoms with E-state index in [-0.39, 0.29) is 23.8 Å². The van der Waals surface area contributed by atoms with Gasteiger partial charge in [-0.15, -0.1) is 0 Å². The summed E-state index contributed by atoms with van der Waals surface area (Å²) in [5.74, 6) is -0.0342. The van der Waals surface area contributed by atoms with Crippen LogP contribution in [-0.2, 0) is 9.59 Å². The van der Waals surface area contributed by atoms with Crippen LogP contribution in [0.4, 0.5) is 0 Å². The van der Waals surface area contributed by atoms with Gasteiger partial charge in [0.05, 0.1) is 12.0 Å². The Bertz CT molecular complexity index is 552. The summed E-state index contributed by atoms with van der Waals surface area (Å²) in [7, 11) is 0. The van der Waals surface area contributed by atoms with Gasteiger partial charge in [0, 0.05) is 19.0 Å². The van der Waals surface area contributed by atoms with E-state index in [1.807, 2.05) is 42.2 Å². The van der Waals surface area contributed by atoms with Gasteiger partial charge in [-0.25, -0.2) is 0 Å². The Kier molecular flexibility index (Phi) is 4.99. The third kappa shape index (κ3) is 3.74. The van der Waals surface area contributed by atoms with Crippen molar-refractivity contribution in [3.05, 3.63) is 35.9 Å². The van der Waals surface area contributed by atoms with Crippen molar-refractivity contribution < 1.29 is 9.59 Å². The maximum Gasteiger partial charge on any atom is 0.225 e. The van der Waals surface area contributed by atoms with Gasteiger partial charge in [0.2, 0.25) is 11.8 Å². The van der Waals surface area contributed by atoms with Gasteiger partial charge in [0.15, 0.2) is 0 Å². The van der Waals surface area contributed by atoms with Crippen molar-refractivity contribution >= 4 is 11.8 Å². The molecule has 1 N–H and O–H groups in total. The van der Waals surface area contributed by atoms with Crippen molar-refractivity contribution in [1.82, 2.24) is 10.2 Å². The van der Waals surface area contributed by atoms with E-state index in [0.717, 1.165) is 18.4 Å². The zero-order valence-electron chi connectivity index (χ0n) is 13.8. The lowest BCUT2D eigenvalue weighted by Crippen LogP contribution is -2.39. The molecule has 2 fully saturated rings. The van der Waals surface area contributed by atoms with E-state index in [2.05, 4.69) is 5.32 Å². The van der Waals surface area contributed by atoms with E-state index in [1.165, 1.54) is 19.3 Å². The summed E-state index contributed by atoms with van der Waals surface area (Å²) in [6.45, 7) is 2.58. The lowest BCUT2D eigenvalue weighted by atomic mass is 9.94. The highest BCUT2D eigenvalue weighted by molar-refractivity contribution is 5.89. The zero-order valence-corrected chi connectivity index (χ0v) is 13.8. The number of rotatable bonds is 4. The summed E-state index contributed by atoms with van der Waals surface area (Å²) in [6.07, 6.45) is 6.24. The Balaban J connectivity index is 1.57. The molecule has 23 heavy (non-hydrogen) atoms. The maximum atomic E-state index is 12.5. The fraction of sp³-hybridized carbons (Fsp3) is 0.579. The van der Waals surface area contributed by atoms with Gasteiger partial charge in [-0.2, -0.15) is 0 Å². The molecule has 2 aliphatic rings. The minimum atomic E-state index is -0.199. The first-order valence-electron chi connectivity index (χ1n) is 8.80. The summed E-state index contributed by atoms with van der Waals surface area (Å²) < 4.78 is 0. The molecule has 1 heterocycles. The molecular weight excluding hydrogens is 288 g/mol. The standard InChI is InChI=1S/C19H26N2O2/c1-14(15-8-4-2-5-9-15)20-19(23)16-12-18(22)21(13-16)17-10-6-3-7-11-17/h2,4-5,8-9,14,16-17H,3,6-7,10-13H2,1H3,(H,20,23). The van der Waals surface area contributed by atoms with E-state index in [4.69, 9.17) is 0 Å². The number of nitrogens with one attached hydrogen (secondary N) is 1. The predicted molar refractivity (Wildman–Crippen MR) is 89.7 cm³/mol. The van der Waals surface area contributed by atoms with Crippen LogP contribution in [0, 0.1) is 5.92 Å². The largest absolute Gasteiger partial charge is 0.349 e. The Morgan fingerprint density at radius 1 is 1.17 bits per heavy atom. The smallest absolute Gasteiger partial charge is 0.225 e. The fourth-order valence-electron chi connectivity index (χ4n) is 3.81. The molecule has 1 aliphatic carbocycles. The normalized spacial score (nSPS) is 23.8. The minimum Gasteiger partial charge on any atom is -0.349 e. The number of likely N-dealkylation sites (tertiary alicyclic amines) is 1. The first-order chi connectivity index (χ1) is 11.1. The summed E-state index contributed by atoms with van der Waals surface area (Å²) >= 11 is 0. The van der Waals surface area contributed by atoms with Crippen LogP contribution in [0.3, 0.4) is 0 Å². The van der Waals surface area contributed by atoms with Crippen molar-refractivity contribution in [2.45, 2.75) is 57.5 Å². The van der Waals surface area contributed by atoms with Gasteiger partial charge in [0.25, 0.3) is 0 Å². The van der Waals surface area contributed by atoms with Crippen LogP contribution in [0.2, 0.25) is 0 Å². The molecule has 1 aromatic carbocycles. The number of carbonyl (C=O) groups excluding carboxylic acids is 2. The van der Waals surface area contributed by atoms with Gasteiger partial charge in [-0.1, -0.05) is 49.6 Å². The molecule has 0 aromatic heterocycles. The molecular formula is C19H26N2O2. The SMILES string of the molecule is CC(NC(=O)C1CC(=O)N(C2CCCCC2)C1)c1ccccc1. The molecule has 1 saturated carbocycles. The first kappa shape index (κ1) is 16.0. The molecule has 2 unspecified atom stereocenters. The molecule has 0 bridgehead atoms. The molecule has 4 heteroatoms. The van der Waals surface area contributed by atoms with Crippen molar-refractivity contribution in [1.29, 1.82) is 0 Å². The number of hydrogen-bond donors (Lipinski definition) is 1. The molecule has 1 aliphatic heterocycles. The second-order valence-corrected chi connectivity index (χ2v) is 6.88. The summed E-state index contributed by atoms with van der Waals surface area (Å²) in [5, 5.41) is 3.06. The topological polar surface area (TPSA) is 49.4 Å². The Morgan fingerprint density at radius 2 is 1.87 bits per heavy atom. The predicted octanol–water partition coefficient (Wildman–Crippen LogP) is 3.05. The molecule has 3 rings (SSSR count). The van der Waals surface area contributed by atoms with Crippen molar-refractivity contribution in [3.63, 3.8) is 0 Å². The highest BCUT2D eigenvalue weighted by Crippen LogP contribution is 2.29. The van der Waals surface area contributed by atoms with E-state index in [1.54, 1.807) is 0 Å². The molecule has 0 radical (unpaired) electrons. The summed E-state index contributed by atoms with van der Waals surface area (Å²) in [6, 6.07) is 10.3. The highest BCUT2D eigenvalue weighted by Gasteiger charge is 2.38. The maximum absolute atomic E-state index is 12.5. The number of amides is 2. The average Bonchev–Trinajstić information content (AvgIpc) is 2.98. The third-order valence-corrected chi connectivity index (χ3v) is 5.20. The molecule has 2 atom stereocenters. The Labute approximate surface area is 138 Å². The second-order valence-electron chi connectivity index (χ2n) is 6.88. The van der Waals surface area contributed by atoms with Crippen molar-refractivity contribution in [2.24, 2.45) is 5.92 Å². The van der Waals surface area contributed by atoms with Crippen LogP contribution in [0.5, 0.6) is 0 Å². The number of carbonyl (C=O) groups is 2. The van der Waals surface area contributed by atoms with E-state index >= 15 is 0 Å². The quantitative estimate of drug-likeness (QED) is 0.928. The molecule has 0 spiro atoms. The number of benzene rings is 1. The molecule has 1 saturated heterocycles. The molecule has 124 valence electrons. The Morgan fingerprint density at radius 3 is 2.57 bits per heavy atom. The van der Waals surface area contributed by atoms with Gasteiger partial charge in [-0.3, -0.25) is 9.59 Å². The molecule has 2 amide bonds. The molecule has 1 aromatic rings. The van der Waals surface area contributed by atoms with E-state index < -0.39 is 0 Å². The van der Waals surface area contributed by atoms with Crippen LogP contribution in [0.15, 0.2) is 30.3 Å². The average molecular weight is 314 g/mol. The monoisotopic (exact) mass is 314 g/mol. The summed E-state index contributed by atoms with van der Waals surface area (Å²) in [4.78, 5) is 26.8. The van der Waals surface area contributed by atoms with E-state index in [9.17, 15) is 9.59 Å². The lowest BCUT2D eigenvalue weighted by Gasteiger charge is -2.31. The van der Waals surface area contributed by atoms with Crippen molar-refractivity contribution in [3.8, 4) is 0 Å². The number of nitrogens with zero attached hydrogens (tertiary/aromatic N) is 1. The fourth-order valence-corrected chi connectivity index (χ4v) is 3.81. The Hall–Kier alpha value is -1.84. The van der Waals surface area contributed by atoms with Crippen LogP contribution in [-0.4, -0.2) is 29.3 Å². The van der Waals surface area contributed by atoms with Crippen LogP contribution in [0.25, 0.3) is 0 Å². The first-order valence-corrected chi connectivity index (χ1v) is 8.80. The van der Waals surface area contributed by atoms with E-state index in [0.29, 0.717) is 19.0 Å². The minimum absolute atomic E-state index is 0.00742. The second kappa shape index (κ2) is 7.16. The van der Waals surface area contributed by atoms with Crippen LogP contribution < -0.4 is 5.32 Å². The highest BCUT2D eigenvalue weighted by atomic mass is 16.2. The van der Waals surface area contributed by atoms with Crippen molar-refractivity contribution in [2.75, 3.05) is 6.54 Å². The zero-order chi connectivity index (χ0) is 16.2. The number of hydrogen-bond acceptors (Lipinski definition) is 2. The lowest BCUT2D eigenvalue weighted by molar-refractivity contribution is -0.130. The third-order valence-electron chi connectivity index (χ3n) is 5.20. The summed E-state index contributed by atoms with van der Waals surface area (Å²) in [5.41, 5.74) is 1.09.